The first kappa shape index (κ1) is 41.4. The van der Waals surface area contributed by atoms with Crippen molar-refractivity contribution >= 4 is 47.7 Å². The molecule has 0 atom stereocenters. The van der Waals surface area contributed by atoms with E-state index >= 15 is 0 Å². The Balaban J connectivity index is 0.000000206. The summed E-state index contributed by atoms with van der Waals surface area (Å²) in [5.74, 6) is 0. The molecule has 0 aliphatic heterocycles. The summed E-state index contributed by atoms with van der Waals surface area (Å²) in [6.45, 7) is 5.31. The molecule has 51 heavy (non-hydrogen) atoms. The average molecular weight is 887 g/mol. The van der Waals surface area contributed by atoms with E-state index in [9.17, 15) is 0 Å². The molecule has 0 unspecified atom stereocenters. The van der Waals surface area contributed by atoms with Gasteiger partial charge in [0, 0.05) is 21.1 Å². The third-order valence-electron chi connectivity index (χ3n) is 6.97. The summed E-state index contributed by atoms with van der Waals surface area (Å²) < 4.78 is 0. The summed E-state index contributed by atoms with van der Waals surface area (Å²) in [5, 5.41) is 16.3. The van der Waals surface area contributed by atoms with E-state index in [1.54, 1.807) is 20.8 Å². The first-order valence-electron chi connectivity index (χ1n) is 16.6. The van der Waals surface area contributed by atoms with Crippen molar-refractivity contribution in [2.45, 2.75) is 26.4 Å². The molecule has 7 rings (SSSR count). The van der Waals surface area contributed by atoms with E-state index in [0.29, 0.717) is 0 Å². The molecule has 0 fully saturated rings. The fraction of sp³-hybridized carbons (Fsp3) is 0.0870. The van der Waals surface area contributed by atoms with E-state index < -0.39 is 21.4 Å². The van der Waals surface area contributed by atoms with Crippen molar-refractivity contribution in [3.63, 3.8) is 0 Å². The van der Waals surface area contributed by atoms with Crippen LogP contribution in [0, 0.1) is 6.07 Å². The van der Waals surface area contributed by atoms with Crippen LogP contribution in [0.4, 0.5) is 0 Å². The van der Waals surface area contributed by atoms with Crippen molar-refractivity contribution in [3.8, 4) is 0 Å². The zero-order chi connectivity index (χ0) is 35.3. The Morgan fingerprint density at radius 1 is 0.373 bits per heavy atom. The molecule has 0 amide bonds. The SMILES string of the molecule is CC(C)(C)OO.[Pt].[c-]1ccccc1.c1ccc(P(c2ccccc2)c2ccccc2)cc1.c1ccc(P(c2ccccc2)c2ccccc2)cc1. The van der Waals surface area contributed by atoms with Gasteiger partial charge in [0.25, 0.3) is 0 Å². The predicted molar refractivity (Wildman–Crippen MR) is 219 cm³/mol. The molecule has 0 saturated carbocycles. The smallest absolute Gasteiger partial charge is 0.0949 e. The molecule has 5 heteroatoms. The van der Waals surface area contributed by atoms with Gasteiger partial charge in [-0.3, -0.25) is 5.26 Å². The molecular weight excluding hydrogens is 842 g/mol. The Kier molecular flexibility index (Phi) is 19.1. The molecule has 0 aliphatic carbocycles. The average Bonchev–Trinajstić information content (AvgIpc) is 3.19. The fourth-order valence-corrected chi connectivity index (χ4v) is 9.31. The monoisotopic (exact) mass is 886 g/mol. The Morgan fingerprint density at radius 3 is 0.667 bits per heavy atom. The van der Waals surface area contributed by atoms with E-state index in [1.165, 1.54) is 31.8 Å². The van der Waals surface area contributed by atoms with Crippen LogP contribution < -0.4 is 31.8 Å². The predicted octanol–water partition coefficient (Wildman–Crippen LogP) is 9.65. The molecule has 0 aliphatic rings. The van der Waals surface area contributed by atoms with Crippen molar-refractivity contribution in [3.05, 3.63) is 218 Å². The molecule has 0 radical (unpaired) electrons. The van der Waals surface area contributed by atoms with E-state index in [1.807, 2.05) is 30.3 Å². The zero-order valence-electron chi connectivity index (χ0n) is 29.3. The van der Waals surface area contributed by atoms with E-state index in [0.717, 1.165) is 0 Å². The van der Waals surface area contributed by atoms with Crippen molar-refractivity contribution < 1.29 is 31.2 Å². The fourth-order valence-electron chi connectivity index (χ4n) is 4.70. The van der Waals surface area contributed by atoms with Crippen molar-refractivity contribution in [2.75, 3.05) is 0 Å². The molecule has 2 nitrogen and oxygen atoms in total. The Bertz CT molecular complexity index is 1510. The molecule has 0 spiro atoms. The van der Waals surface area contributed by atoms with Crippen LogP contribution in [0.2, 0.25) is 0 Å². The van der Waals surface area contributed by atoms with Crippen LogP contribution in [0.25, 0.3) is 0 Å². The van der Waals surface area contributed by atoms with Gasteiger partial charge in [-0.1, -0.05) is 182 Å². The maximum Gasteiger partial charge on any atom is 0.0949 e. The molecule has 0 heterocycles. The summed E-state index contributed by atoms with van der Waals surface area (Å²) in [6, 6.07) is 77.2. The molecule has 262 valence electrons. The first-order valence-corrected chi connectivity index (χ1v) is 19.3. The Labute approximate surface area is 321 Å². The van der Waals surface area contributed by atoms with Gasteiger partial charge in [-0.05, 0) is 68.4 Å². The third-order valence-corrected chi connectivity index (χ3v) is 11.9. The van der Waals surface area contributed by atoms with Gasteiger partial charge in [0.15, 0.2) is 0 Å². The minimum atomic E-state index is -0.446. The van der Waals surface area contributed by atoms with Gasteiger partial charge in [-0.2, -0.15) is 36.4 Å². The Hall–Kier alpha value is -3.99. The number of hydrogen-bond acceptors (Lipinski definition) is 2. The Morgan fingerprint density at radius 2 is 0.549 bits per heavy atom. The molecule has 0 saturated heterocycles. The molecule has 7 aromatic carbocycles. The van der Waals surface area contributed by atoms with E-state index in [4.69, 9.17) is 5.26 Å². The summed E-state index contributed by atoms with van der Waals surface area (Å²) in [4.78, 5) is 3.94. The minimum absolute atomic E-state index is 0. The topological polar surface area (TPSA) is 29.5 Å². The largest absolute Gasteiger partial charge is 0.251 e. The molecule has 0 bridgehead atoms. The van der Waals surface area contributed by atoms with Gasteiger partial charge < -0.3 is 0 Å². The zero-order valence-corrected chi connectivity index (χ0v) is 33.3. The third kappa shape index (κ3) is 15.0. The van der Waals surface area contributed by atoms with Crippen molar-refractivity contribution in [2.24, 2.45) is 0 Å². The molecule has 7 aromatic rings. The molecule has 0 aromatic heterocycles. The van der Waals surface area contributed by atoms with Crippen LogP contribution in [0.15, 0.2) is 212 Å². The van der Waals surface area contributed by atoms with Crippen LogP contribution in [0.1, 0.15) is 20.8 Å². The van der Waals surface area contributed by atoms with Crippen molar-refractivity contribution in [1.82, 2.24) is 0 Å². The summed E-state index contributed by atoms with van der Waals surface area (Å²) in [6.07, 6.45) is 0. The maximum atomic E-state index is 7.90. The molecule has 1 N–H and O–H groups in total. The van der Waals surface area contributed by atoms with Gasteiger partial charge in [0.1, 0.15) is 0 Å². The second-order valence-electron chi connectivity index (χ2n) is 12.0. The second-order valence-corrected chi connectivity index (χ2v) is 16.4. The van der Waals surface area contributed by atoms with E-state index in [-0.39, 0.29) is 21.1 Å². The number of benzene rings is 7. The molecular formula is C46H45O2P2Pt-. The van der Waals surface area contributed by atoms with Gasteiger partial charge >= 0.3 is 0 Å². The summed E-state index contributed by atoms with van der Waals surface area (Å²) >= 11 is 0. The van der Waals surface area contributed by atoms with Crippen LogP contribution in [0.3, 0.4) is 0 Å². The van der Waals surface area contributed by atoms with Gasteiger partial charge in [-0.25, -0.2) is 4.89 Å². The number of hydrogen-bond donors (Lipinski definition) is 1. The van der Waals surface area contributed by atoms with Crippen LogP contribution >= 0.6 is 15.8 Å². The first-order chi connectivity index (χ1) is 24.5. The van der Waals surface area contributed by atoms with Crippen LogP contribution in [-0.4, -0.2) is 10.9 Å². The second kappa shape index (κ2) is 23.5. The maximum absolute atomic E-state index is 7.90. The minimum Gasteiger partial charge on any atom is -0.251 e. The van der Waals surface area contributed by atoms with Crippen molar-refractivity contribution in [1.29, 1.82) is 0 Å². The quantitative estimate of drug-likeness (QED) is 0.0781. The normalized spacial score (nSPS) is 10.2. The van der Waals surface area contributed by atoms with Crippen LogP contribution in [0.5, 0.6) is 0 Å². The van der Waals surface area contributed by atoms with Gasteiger partial charge in [0.05, 0.1) is 5.60 Å². The van der Waals surface area contributed by atoms with Gasteiger partial charge in [0.2, 0.25) is 0 Å². The standard InChI is InChI=1S/2C18H15P.C6H5.C4H10O2.Pt/c2*1-4-10-16(11-5-1)19(17-12-6-2-7-13-17)18-14-8-3-9-15-18;1-2-4-6-5-3-1;1-4(2,3)6-5;/h2*1-15H;1-5H;5H,1-3H3;/q;;-1;;. The summed E-state index contributed by atoms with van der Waals surface area (Å²) in [5.41, 5.74) is -0.403. The number of rotatable bonds is 6. The van der Waals surface area contributed by atoms with E-state index in [2.05, 4.69) is 193 Å². The van der Waals surface area contributed by atoms with Gasteiger partial charge in [-0.15, -0.1) is 0 Å². The summed E-state index contributed by atoms with van der Waals surface area (Å²) in [7, 11) is -0.892. The van der Waals surface area contributed by atoms with Crippen LogP contribution in [-0.2, 0) is 26.0 Å².